The predicted octanol–water partition coefficient (Wildman–Crippen LogP) is 4.29. The van der Waals surface area contributed by atoms with Gasteiger partial charge in [0.25, 0.3) is 0 Å². The van der Waals surface area contributed by atoms with Gasteiger partial charge in [-0.3, -0.25) is 0 Å². The van der Waals surface area contributed by atoms with Crippen molar-refractivity contribution < 1.29 is 4.74 Å². The summed E-state index contributed by atoms with van der Waals surface area (Å²) < 4.78 is 8.89. The number of hydrogen-bond acceptors (Lipinski definition) is 1. The van der Waals surface area contributed by atoms with Crippen LogP contribution in [0.3, 0.4) is 0 Å². The molecule has 0 saturated heterocycles. The molecule has 116 valence electrons. The predicted molar refractivity (Wildman–Crippen MR) is 102 cm³/mol. The van der Waals surface area contributed by atoms with Crippen LogP contribution < -0.4 is 13.7 Å². The van der Waals surface area contributed by atoms with Crippen LogP contribution >= 0.6 is 0 Å². The molecule has 2 heteroatoms. The second kappa shape index (κ2) is 6.92. The second-order valence-electron chi connectivity index (χ2n) is 5.44. The molecule has 0 aromatic heterocycles. The quantitative estimate of drug-likeness (QED) is 0.484. The van der Waals surface area contributed by atoms with Crippen LogP contribution in [0.15, 0.2) is 97.1 Å². The van der Waals surface area contributed by atoms with E-state index in [0.717, 1.165) is 11.5 Å². The molecule has 0 aliphatic rings. The SMILES string of the molecule is c1ccc(Oc2cccc3cccc([Se]c4ccccc4)c23)cc1. The molecule has 0 spiro atoms. The van der Waals surface area contributed by atoms with E-state index in [1.807, 2.05) is 30.3 Å². The fourth-order valence-electron chi connectivity index (χ4n) is 2.67. The molecule has 0 radical (unpaired) electrons. The van der Waals surface area contributed by atoms with Crippen molar-refractivity contribution in [3.05, 3.63) is 97.1 Å². The van der Waals surface area contributed by atoms with Gasteiger partial charge in [-0.1, -0.05) is 0 Å². The van der Waals surface area contributed by atoms with Gasteiger partial charge in [-0.05, 0) is 0 Å². The van der Waals surface area contributed by atoms with E-state index in [4.69, 9.17) is 4.74 Å². The van der Waals surface area contributed by atoms with Crippen molar-refractivity contribution in [2.75, 3.05) is 0 Å². The normalized spacial score (nSPS) is 10.7. The van der Waals surface area contributed by atoms with Crippen molar-refractivity contribution in [3.63, 3.8) is 0 Å². The van der Waals surface area contributed by atoms with Crippen LogP contribution in [0.5, 0.6) is 11.5 Å². The van der Waals surface area contributed by atoms with E-state index in [2.05, 4.69) is 66.7 Å². The molecule has 4 aromatic rings. The topological polar surface area (TPSA) is 9.23 Å². The molecule has 1 nitrogen and oxygen atoms in total. The molecule has 24 heavy (non-hydrogen) atoms. The Kier molecular flexibility index (Phi) is 4.33. The van der Waals surface area contributed by atoms with Crippen LogP contribution in [-0.4, -0.2) is 15.0 Å². The van der Waals surface area contributed by atoms with Crippen LogP contribution in [0.25, 0.3) is 10.8 Å². The Morgan fingerprint density at radius 2 is 1.25 bits per heavy atom. The van der Waals surface area contributed by atoms with Crippen molar-refractivity contribution in [3.8, 4) is 11.5 Å². The first kappa shape index (κ1) is 15.0. The third-order valence-electron chi connectivity index (χ3n) is 3.77. The zero-order valence-corrected chi connectivity index (χ0v) is 14.8. The van der Waals surface area contributed by atoms with Gasteiger partial charge in [0, 0.05) is 0 Å². The Balaban J connectivity index is 1.79. The maximum absolute atomic E-state index is 6.18. The molecule has 0 aliphatic carbocycles. The Labute approximate surface area is 148 Å². The fraction of sp³-hybridized carbons (Fsp3) is 0. The number of ether oxygens (including phenoxy) is 1. The molecule has 0 saturated carbocycles. The van der Waals surface area contributed by atoms with Crippen LogP contribution in [-0.2, 0) is 0 Å². The monoisotopic (exact) mass is 376 g/mol. The number of fused-ring (bicyclic) bond motifs is 1. The zero-order chi connectivity index (χ0) is 16.2. The molecular weight excluding hydrogens is 359 g/mol. The van der Waals surface area contributed by atoms with E-state index in [0.29, 0.717) is 0 Å². The van der Waals surface area contributed by atoms with Crippen LogP contribution in [0, 0.1) is 0 Å². The van der Waals surface area contributed by atoms with Gasteiger partial charge in [0.1, 0.15) is 0 Å². The van der Waals surface area contributed by atoms with Gasteiger partial charge in [-0.15, -0.1) is 0 Å². The summed E-state index contributed by atoms with van der Waals surface area (Å²) in [4.78, 5) is 0. The van der Waals surface area contributed by atoms with Gasteiger partial charge in [-0.2, -0.15) is 0 Å². The first-order valence-corrected chi connectivity index (χ1v) is 9.59. The van der Waals surface area contributed by atoms with Crippen LogP contribution in [0.1, 0.15) is 0 Å². The van der Waals surface area contributed by atoms with Crippen LogP contribution in [0.4, 0.5) is 0 Å². The minimum atomic E-state index is 0.247. The van der Waals surface area contributed by atoms with Gasteiger partial charge < -0.3 is 0 Å². The molecule has 0 aliphatic heterocycles. The molecule has 0 atom stereocenters. The fourth-order valence-corrected chi connectivity index (χ4v) is 4.80. The summed E-state index contributed by atoms with van der Waals surface area (Å²) in [6.07, 6.45) is 0. The van der Waals surface area contributed by atoms with Crippen molar-refractivity contribution in [2.24, 2.45) is 0 Å². The van der Waals surface area contributed by atoms with Gasteiger partial charge in [0.05, 0.1) is 0 Å². The van der Waals surface area contributed by atoms with E-state index in [1.54, 1.807) is 0 Å². The van der Waals surface area contributed by atoms with Gasteiger partial charge in [-0.25, -0.2) is 0 Å². The van der Waals surface area contributed by atoms with E-state index in [9.17, 15) is 0 Å². The van der Waals surface area contributed by atoms with Gasteiger partial charge in [0.2, 0.25) is 0 Å². The molecule has 0 N–H and O–H groups in total. The average molecular weight is 375 g/mol. The Bertz CT molecular complexity index is 873. The van der Waals surface area contributed by atoms with Crippen molar-refractivity contribution >= 4 is 34.7 Å². The molecule has 0 unspecified atom stereocenters. The minimum absolute atomic E-state index is 0.247. The summed E-state index contributed by atoms with van der Waals surface area (Å²) >= 11 is 0.247. The van der Waals surface area contributed by atoms with E-state index in [1.165, 1.54) is 19.7 Å². The summed E-state index contributed by atoms with van der Waals surface area (Å²) in [6.45, 7) is 0. The average Bonchev–Trinajstić information content (AvgIpc) is 2.64. The van der Waals surface area contributed by atoms with E-state index < -0.39 is 0 Å². The number of para-hydroxylation sites is 1. The number of benzene rings is 4. The molecule has 0 heterocycles. The maximum atomic E-state index is 6.18. The summed E-state index contributed by atoms with van der Waals surface area (Å²) in [5.74, 6) is 1.79. The first-order chi connectivity index (χ1) is 11.9. The Hall–Kier alpha value is -2.54. The van der Waals surface area contributed by atoms with Crippen molar-refractivity contribution in [2.45, 2.75) is 0 Å². The first-order valence-electron chi connectivity index (χ1n) is 7.88. The van der Waals surface area contributed by atoms with Crippen molar-refractivity contribution in [1.29, 1.82) is 0 Å². The summed E-state index contributed by atoms with van der Waals surface area (Å²) in [7, 11) is 0. The molecular formula is C22H16OSe. The molecule has 0 amide bonds. The molecule has 4 aromatic carbocycles. The van der Waals surface area contributed by atoms with Gasteiger partial charge in [0.15, 0.2) is 0 Å². The van der Waals surface area contributed by atoms with Crippen LogP contribution in [0.2, 0.25) is 0 Å². The second-order valence-corrected chi connectivity index (χ2v) is 7.78. The Morgan fingerprint density at radius 3 is 2.00 bits per heavy atom. The zero-order valence-electron chi connectivity index (χ0n) is 13.1. The Morgan fingerprint density at radius 1 is 0.583 bits per heavy atom. The number of hydrogen-bond donors (Lipinski definition) is 0. The van der Waals surface area contributed by atoms with E-state index >= 15 is 0 Å². The third kappa shape index (κ3) is 3.21. The van der Waals surface area contributed by atoms with E-state index in [-0.39, 0.29) is 15.0 Å². The molecule has 4 rings (SSSR count). The standard InChI is InChI=1S/C22H16OSe/c1-3-11-18(12-4-1)23-20-15-7-9-17-10-8-16-21(22(17)20)24-19-13-5-2-6-14-19/h1-16H. The van der Waals surface area contributed by atoms with Crippen molar-refractivity contribution in [1.82, 2.24) is 0 Å². The van der Waals surface area contributed by atoms with Gasteiger partial charge >= 0.3 is 148 Å². The molecule has 0 fully saturated rings. The molecule has 0 bridgehead atoms. The summed E-state index contributed by atoms with van der Waals surface area (Å²) in [5, 5.41) is 2.44. The summed E-state index contributed by atoms with van der Waals surface area (Å²) in [6, 6.07) is 33.4. The number of rotatable bonds is 4. The summed E-state index contributed by atoms with van der Waals surface area (Å²) in [5.41, 5.74) is 0. The third-order valence-corrected chi connectivity index (χ3v) is 6.01.